The Kier molecular flexibility index (Phi) is 2.12. The molecule has 5 aromatic rings. The van der Waals surface area contributed by atoms with Crippen LogP contribution >= 0.6 is 22.7 Å². The zero-order valence-electron chi connectivity index (χ0n) is 11.7. The highest BCUT2D eigenvalue weighted by Gasteiger charge is 2.20. The van der Waals surface area contributed by atoms with Gasteiger partial charge in [-0.05, 0) is 26.0 Å². The molecule has 0 fully saturated rings. The average Bonchev–Trinajstić information content (AvgIpc) is 3.17. The summed E-state index contributed by atoms with van der Waals surface area (Å²) in [5.74, 6) is 0. The van der Waals surface area contributed by atoms with Crippen molar-refractivity contribution in [1.82, 2.24) is 9.97 Å². The van der Waals surface area contributed by atoms with E-state index in [-0.39, 0.29) is 10.9 Å². The molecule has 0 N–H and O–H groups in total. The van der Waals surface area contributed by atoms with Crippen molar-refractivity contribution in [3.05, 3.63) is 42.6 Å². The second-order valence-electron chi connectivity index (χ2n) is 5.42. The highest BCUT2D eigenvalue weighted by atomic mass is 32.1. The molecule has 0 saturated heterocycles. The molecule has 5 rings (SSSR count). The molecule has 0 radical (unpaired) electrons. The molecule has 0 aliphatic rings. The van der Waals surface area contributed by atoms with Gasteiger partial charge in [-0.2, -0.15) is 0 Å². The molecule has 4 nitrogen and oxygen atoms in total. The van der Waals surface area contributed by atoms with Gasteiger partial charge in [-0.3, -0.25) is 9.59 Å². The third kappa shape index (κ3) is 1.32. The highest BCUT2D eigenvalue weighted by molar-refractivity contribution is 7.20. The van der Waals surface area contributed by atoms with Gasteiger partial charge in [0.05, 0.1) is 19.4 Å². The maximum atomic E-state index is 12.5. The normalized spacial score (nSPS) is 12.5. The first-order valence-corrected chi connectivity index (χ1v) is 8.41. The highest BCUT2D eigenvalue weighted by Crippen LogP contribution is 2.35. The molecule has 0 saturated carbocycles. The van der Waals surface area contributed by atoms with Crippen molar-refractivity contribution in [3.8, 4) is 0 Å². The van der Waals surface area contributed by atoms with Crippen LogP contribution in [0.5, 0.6) is 0 Å². The lowest BCUT2D eigenvalue weighted by molar-refractivity contribution is 1.34. The summed E-state index contributed by atoms with van der Waals surface area (Å²) in [6.45, 7) is 3.78. The fraction of sp³-hybridized carbons (Fsp3) is 0.125. The van der Waals surface area contributed by atoms with Crippen molar-refractivity contribution in [2.24, 2.45) is 0 Å². The predicted octanol–water partition coefficient (Wildman–Crippen LogP) is 3.43. The van der Waals surface area contributed by atoms with Crippen molar-refractivity contribution in [2.75, 3.05) is 0 Å². The van der Waals surface area contributed by atoms with E-state index in [2.05, 4.69) is 9.97 Å². The molecule has 0 atom stereocenters. The van der Waals surface area contributed by atoms with Gasteiger partial charge in [-0.15, -0.1) is 22.7 Å². The van der Waals surface area contributed by atoms with Crippen LogP contribution in [0, 0.1) is 13.8 Å². The Morgan fingerprint density at radius 2 is 1.14 bits per heavy atom. The molecule has 6 heteroatoms. The van der Waals surface area contributed by atoms with Crippen molar-refractivity contribution < 1.29 is 0 Å². The SMILES string of the molecule is Cc1nc2c(=O)c3cc4c(cc3c2s1)c(=O)c1nc(C)sc14. The van der Waals surface area contributed by atoms with E-state index in [4.69, 9.17) is 0 Å². The standard InChI is InChI=1S/C16H8N2O2S2/c1-5-17-11-13(19)7-4-10-8(3-9(7)15(11)21-5)14(20)12-16(10)22-6(2)18-12/h3-4H,1-2H3. The quantitative estimate of drug-likeness (QED) is 0.438. The van der Waals surface area contributed by atoms with Crippen LogP contribution in [0.1, 0.15) is 10.0 Å². The number of hydrogen-bond acceptors (Lipinski definition) is 6. The van der Waals surface area contributed by atoms with Gasteiger partial charge in [0.25, 0.3) is 0 Å². The number of fused-ring (bicyclic) bond motifs is 6. The minimum Gasteiger partial charge on any atom is -0.287 e. The fourth-order valence-electron chi connectivity index (χ4n) is 3.13. The molecule has 0 spiro atoms. The summed E-state index contributed by atoms with van der Waals surface area (Å²) in [6, 6.07) is 3.69. The first-order valence-electron chi connectivity index (χ1n) is 6.77. The zero-order chi connectivity index (χ0) is 15.2. The Bertz CT molecular complexity index is 1230. The van der Waals surface area contributed by atoms with E-state index in [1.165, 1.54) is 22.7 Å². The number of nitrogens with zero attached hydrogens (tertiary/aromatic N) is 2. The summed E-state index contributed by atoms with van der Waals surface area (Å²) in [5.41, 5.74) is 0.960. The lowest BCUT2D eigenvalue weighted by atomic mass is 10.1. The summed E-state index contributed by atoms with van der Waals surface area (Å²) in [6.07, 6.45) is 0. The minimum atomic E-state index is -0.0423. The lowest BCUT2D eigenvalue weighted by Crippen LogP contribution is -1.96. The molecular formula is C16H8N2O2S2. The topological polar surface area (TPSA) is 59.9 Å². The van der Waals surface area contributed by atoms with E-state index in [0.717, 1.165) is 30.2 Å². The number of hydrogen-bond donors (Lipinski definition) is 0. The van der Waals surface area contributed by atoms with Crippen LogP contribution in [0.25, 0.3) is 42.0 Å². The smallest absolute Gasteiger partial charge is 0.213 e. The number of aromatic nitrogens is 2. The van der Waals surface area contributed by atoms with Crippen molar-refractivity contribution in [1.29, 1.82) is 0 Å². The maximum absolute atomic E-state index is 12.5. The maximum Gasteiger partial charge on any atom is 0.213 e. The van der Waals surface area contributed by atoms with Crippen LogP contribution in [0.15, 0.2) is 21.7 Å². The van der Waals surface area contributed by atoms with Gasteiger partial charge in [0.15, 0.2) is 0 Å². The Labute approximate surface area is 131 Å². The number of benzene rings is 1. The van der Waals surface area contributed by atoms with E-state index >= 15 is 0 Å². The van der Waals surface area contributed by atoms with E-state index in [0.29, 0.717) is 21.8 Å². The van der Waals surface area contributed by atoms with E-state index in [9.17, 15) is 9.59 Å². The summed E-state index contributed by atoms with van der Waals surface area (Å²) in [7, 11) is 0. The van der Waals surface area contributed by atoms with Crippen molar-refractivity contribution >= 4 is 64.7 Å². The molecule has 2 heterocycles. The van der Waals surface area contributed by atoms with Crippen LogP contribution < -0.4 is 10.9 Å². The van der Waals surface area contributed by atoms with E-state index < -0.39 is 0 Å². The lowest BCUT2D eigenvalue weighted by Gasteiger charge is -1.92. The molecular weight excluding hydrogens is 316 g/mol. The third-order valence-corrected chi connectivity index (χ3v) is 6.04. The van der Waals surface area contributed by atoms with E-state index in [1.54, 1.807) is 0 Å². The third-order valence-electron chi connectivity index (χ3n) is 4.03. The van der Waals surface area contributed by atoms with Crippen LogP contribution in [0.4, 0.5) is 0 Å². The first-order chi connectivity index (χ1) is 10.5. The second kappa shape index (κ2) is 3.77. The largest absolute Gasteiger partial charge is 0.287 e. The summed E-state index contributed by atoms with van der Waals surface area (Å²) < 4.78 is 1.76. The summed E-state index contributed by atoms with van der Waals surface area (Å²) >= 11 is 3.00. The molecule has 0 bridgehead atoms. The molecule has 22 heavy (non-hydrogen) atoms. The fourth-order valence-corrected chi connectivity index (χ4v) is 5.03. The molecule has 3 aromatic carbocycles. The van der Waals surface area contributed by atoms with Gasteiger partial charge in [0.2, 0.25) is 10.9 Å². The van der Waals surface area contributed by atoms with Gasteiger partial charge in [0, 0.05) is 21.5 Å². The Morgan fingerprint density at radius 3 is 1.55 bits per heavy atom. The molecule has 0 amide bonds. The number of rotatable bonds is 0. The van der Waals surface area contributed by atoms with Crippen LogP contribution in [0.3, 0.4) is 0 Å². The molecule has 106 valence electrons. The Hall–Kier alpha value is -2.18. The Balaban J connectivity index is 2.11. The summed E-state index contributed by atoms with van der Waals surface area (Å²) in [5, 5.41) is 4.71. The van der Waals surface area contributed by atoms with Gasteiger partial charge < -0.3 is 0 Å². The Morgan fingerprint density at radius 1 is 0.727 bits per heavy atom. The van der Waals surface area contributed by atoms with Crippen molar-refractivity contribution in [3.63, 3.8) is 0 Å². The summed E-state index contributed by atoms with van der Waals surface area (Å²) in [4.78, 5) is 33.8. The number of aryl methyl sites for hydroxylation is 2. The van der Waals surface area contributed by atoms with Gasteiger partial charge in [0.1, 0.15) is 11.0 Å². The van der Waals surface area contributed by atoms with Gasteiger partial charge in [-0.25, -0.2) is 9.97 Å². The first kappa shape index (κ1) is 12.4. The molecule has 0 unspecified atom stereocenters. The zero-order valence-corrected chi connectivity index (χ0v) is 13.3. The van der Waals surface area contributed by atoms with E-state index in [1.807, 2.05) is 26.0 Å². The minimum absolute atomic E-state index is 0.0423. The second-order valence-corrected chi connectivity index (χ2v) is 7.83. The number of thiazole rings is 2. The molecule has 0 aliphatic carbocycles. The van der Waals surface area contributed by atoms with Crippen molar-refractivity contribution in [2.45, 2.75) is 13.8 Å². The van der Waals surface area contributed by atoms with Gasteiger partial charge in [-0.1, -0.05) is 0 Å². The molecule has 0 aliphatic heterocycles. The van der Waals surface area contributed by atoms with Crippen LogP contribution in [-0.2, 0) is 0 Å². The molecule has 2 aromatic heterocycles. The van der Waals surface area contributed by atoms with Gasteiger partial charge >= 0.3 is 0 Å². The van der Waals surface area contributed by atoms with Crippen LogP contribution in [-0.4, -0.2) is 9.97 Å². The monoisotopic (exact) mass is 324 g/mol. The average molecular weight is 324 g/mol. The predicted molar refractivity (Wildman–Crippen MR) is 92.2 cm³/mol. The van der Waals surface area contributed by atoms with Crippen LogP contribution in [0.2, 0.25) is 0 Å².